The number of nitrogens with zero attached hydrogens (tertiary/aromatic N) is 2. The van der Waals surface area contributed by atoms with Crippen LogP contribution >= 0.6 is 0 Å². The van der Waals surface area contributed by atoms with E-state index in [4.69, 9.17) is 15.2 Å². The van der Waals surface area contributed by atoms with Gasteiger partial charge in [-0.3, -0.25) is 0 Å². The zero-order valence-corrected chi connectivity index (χ0v) is 13.4. The van der Waals surface area contributed by atoms with Crippen LogP contribution in [0.2, 0.25) is 0 Å². The lowest BCUT2D eigenvalue weighted by molar-refractivity contribution is 0.0526. The maximum absolute atomic E-state index is 11.8. The largest absolute Gasteiger partial charge is 0.473 e. The fourth-order valence-electron chi connectivity index (χ4n) is 1.87. The Hall–Kier alpha value is -2.83. The molecule has 1 aromatic heterocycles. The van der Waals surface area contributed by atoms with Gasteiger partial charge in [0.05, 0.1) is 18.3 Å². The van der Waals surface area contributed by atoms with E-state index in [1.807, 2.05) is 13.8 Å². The second kappa shape index (κ2) is 7.44. The molecule has 0 fully saturated rings. The van der Waals surface area contributed by atoms with Crippen LogP contribution in [0.25, 0.3) is 0 Å². The number of aromatic nitrogens is 2. The number of hydrogen-bond acceptors (Lipinski definition) is 7. The van der Waals surface area contributed by atoms with E-state index in [2.05, 4.69) is 15.3 Å². The zero-order chi connectivity index (χ0) is 16.8. The first kappa shape index (κ1) is 16.5. The Kier molecular flexibility index (Phi) is 5.35. The van der Waals surface area contributed by atoms with Crippen LogP contribution < -0.4 is 15.8 Å². The molecule has 1 heterocycles. The maximum atomic E-state index is 11.8. The second-order valence-electron chi connectivity index (χ2n) is 5.03. The van der Waals surface area contributed by atoms with Crippen molar-refractivity contribution in [1.82, 2.24) is 9.97 Å². The van der Waals surface area contributed by atoms with E-state index in [0.717, 1.165) is 0 Å². The maximum Gasteiger partial charge on any atom is 0.338 e. The number of nitrogens with one attached hydrogen (secondary N) is 1. The number of carbonyl (C=O) groups is 1. The molecule has 0 atom stereocenters. The van der Waals surface area contributed by atoms with Crippen LogP contribution in [0.5, 0.6) is 5.88 Å². The van der Waals surface area contributed by atoms with Crippen molar-refractivity contribution < 1.29 is 14.3 Å². The first-order chi connectivity index (χ1) is 11.0. The highest BCUT2D eigenvalue weighted by molar-refractivity contribution is 5.91. The molecule has 0 saturated heterocycles. The molecule has 2 aromatic rings. The van der Waals surface area contributed by atoms with Crippen molar-refractivity contribution in [2.45, 2.75) is 26.9 Å². The molecule has 0 unspecified atom stereocenters. The van der Waals surface area contributed by atoms with E-state index < -0.39 is 0 Å². The molecule has 7 heteroatoms. The van der Waals surface area contributed by atoms with E-state index >= 15 is 0 Å². The van der Waals surface area contributed by atoms with E-state index in [0.29, 0.717) is 35.2 Å². The van der Waals surface area contributed by atoms with Crippen LogP contribution in [0.3, 0.4) is 0 Å². The molecular formula is C16H20N4O3. The number of benzene rings is 1. The third-order valence-electron chi connectivity index (χ3n) is 2.83. The lowest BCUT2D eigenvalue weighted by Gasteiger charge is -2.14. The number of anilines is 3. The fourth-order valence-corrected chi connectivity index (χ4v) is 1.87. The summed E-state index contributed by atoms with van der Waals surface area (Å²) >= 11 is 0. The minimum atomic E-state index is -0.379. The Bertz CT molecular complexity index is 689. The molecule has 2 rings (SSSR count). The molecule has 0 amide bonds. The monoisotopic (exact) mass is 316 g/mol. The molecule has 1 aromatic carbocycles. The van der Waals surface area contributed by atoms with Crippen molar-refractivity contribution in [2.75, 3.05) is 17.7 Å². The molecule has 0 saturated carbocycles. The SMILES string of the molecule is CCOC(=O)c1cccc(Nc2ncnc(OC(C)C)c2N)c1. The zero-order valence-electron chi connectivity index (χ0n) is 13.4. The first-order valence-electron chi connectivity index (χ1n) is 7.32. The normalized spacial score (nSPS) is 10.4. The third kappa shape index (κ3) is 4.32. The lowest BCUT2D eigenvalue weighted by atomic mass is 10.2. The summed E-state index contributed by atoms with van der Waals surface area (Å²) in [5.74, 6) is 0.353. The second-order valence-corrected chi connectivity index (χ2v) is 5.03. The highest BCUT2D eigenvalue weighted by Gasteiger charge is 2.12. The molecule has 0 bridgehead atoms. The Morgan fingerprint density at radius 2 is 2.13 bits per heavy atom. The van der Waals surface area contributed by atoms with Crippen molar-refractivity contribution in [1.29, 1.82) is 0 Å². The molecule has 0 aliphatic rings. The van der Waals surface area contributed by atoms with E-state index in [1.165, 1.54) is 6.33 Å². The Morgan fingerprint density at radius 1 is 1.35 bits per heavy atom. The van der Waals surface area contributed by atoms with Crippen LogP contribution in [0.4, 0.5) is 17.2 Å². The van der Waals surface area contributed by atoms with Crippen LogP contribution in [0, 0.1) is 0 Å². The molecule has 0 radical (unpaired) electrons. The molecule has 23 heavy (non-hydrogen) atoms. The smallest absolute Gasteiger partial charge is 0.338 e. The summed E-state index contributed by atoms with van der Waals surface area (Å²) in [6.07, 6.45) is 1.32. The standard InChI is InChI=1S/C16H20N4O3/c1-4-22-16(21)11-6-5-7-12(8-11)20-14-13(17)15(19-9-18-14)23-10(2)3/h5-10H,4,17H2,1-3H3,(H,18,19,20). The first-order valence-corrected chi connectivity index (χ1v) is 7.32. The highest BCUT2D eigenvalue weighted by atomic mass is 16.5. The molecular weight excluding hydrogens is 296 g/mol. The van der Waals surface area contributed by atoms with E-state index in [-0.39, 0.29) is 12.1 Å². The van der Waals surface area contributed by atoms with Crippen molar-refractivity contribution in [3.63, 3.8) is 0 Å². The number of hydrogen-bond donors (Lipinski definition) is 2. The highest BCUT2D eigenvalue weighted by Crippen LogP contribution is 2.28. The number of nitrogens with two attached hydrogens (primary N) is 1. The van der Waals surface area contributed by atoms with Gasteiger partial charge in [0.2, 0.25) is 5.88 Å². The molecule has 7 nitrogen and oxygen atoms in total. The Morgan fingerprint density at radius 3 is 2.83 bits per heavy atom. The Balaban J connectivity index is 2.22. The van der Waals surface area contributed by atoms with Gasteiger partial charge in [0.15, 0.2) is 5.82 Å². The van der Waals surface area contributed by atoms with Gasteiger partial charge in [-0.05, 0) is 39.0 Å². The summed E-state index contributed by atoms with van der Waals surface area (Å²) in [5, 5.41) is 3.06. The van der Waals surface area contributed by atoms with Crippen molar-refractivity contribution in [3.8, 4) is 5.88 Å². The summed E-state index contributed by atoms with van der Waals surface area (Å²) in [5.41, 5.74) is 7.44. The third-order valence-corrected chi connectivity index (χ3v) is 2.83. The fraction of sp³-hybridized carbons (Fsp3) is 0.312. The van der Waals surface area contributed by atoms with Crippen LogP contribution in [-0.4, -0.2) is 28.6 Å². The van der Waals surface area contributed by atoms with Gasteiger partial charge in [-0.25, -0.2) is 9.78 Å². The summed E-state index contributed by atoms with van der Waals surface area (Å²) in [4.78, 5) is 19.9. The van der Waals surface area contributed by atoms with Gasteiger partial charge in [-0.2, -0.15) is 4.98 Å². The van der Waals surface area contributed by atoms with Gasteiger partial charge < -0.3 is 20.5 Å². The average molecular weight is 316 g/mol. The molecule has 3 N–H and O–H groups in total. The van der Waals surface area contributed by atoms with Gasteiger partial charge in [-0.1, -0.05) is 6.07 Å². The topological polar surface area (TPSA) is 99.4 Å². The van der Waals surface area contributed by atoms with Crippen molar-refractivity contribution >= 4 is 23.2 Å². The van der Waals surface area contributed by atoms with Gasteiger partial charge in [0.1, 0.15) is 12.0 Å². The minimum absolute atomic E-state index is 0.0489. The molecule has 0 aliphatic carbocycles. The van der Waals surface area contributed by atoms with E-state index in [1.54, 1.807) is 31.2 Å². The summed E-state index contributed by atoms with van der Waals surface area (Å²) < 4.78 is 10.5. The summed E-state index contributed by atoms with van der Waals surface area (Å²) in [7, 11) is 0. The molecule has 0 aliphatic heterocycles. The minimum Gasteiger partial charge on any atom is -0.473 e. The molecule has 122 valence electrons. The average Bonchev–Trinajstić information content (AvgIpc) is 2.51. The van der Waals surface area contributed by atoms with Gasteiger partial charge in [-0.15, -0.1) is 0 Å². The number of ether oxygens (including phenoxy) is 2. The van der Waals surface area contributed by atoms with Crippen LogP contribution in [0.15, 0.2) is 30.6 Å². The number of esters is 1. The predicted octanol–water partition coefficient (Wildman–Crippen LogP) is 2.77. The van der Waals surface area contributed by atoms with Crippen molar-refractivity contribution in [3.05, 3.63) is 36.2 Å². The van der Waals surface area contributed by atoms with Gasteiger partial charge in [0, 0.05) is 5.69 Å². The van der Waals surface area contributed by atoms with Crippen LogP contribution in [0.1, 0.15) is 31.1 Å². The van der Waals surface area contributed by atoms with Crippen molar-refractivity contribution in [2.24, 2.45) is 0 Å². The number of carbonyl (C=O) groups excluding carboxylic acids is 1. The van der Waals surface area contributed by atoms with E-state index in [9.17, 15) is 4.79 Å². The van der Waals surface area contributed by atoms with Crippen LogP contribution in [-0.2, 0) is 4.74 Å². The quantitative estimate of drug-likeness (QED) is 0.790. The Labute approximate surface area is 134 Å². The summed E-state index contributed by atoms with van der Waals surface area (Å²) in [6, 6.07) is 6.90. The predicted molar refractivity (Wildman–Crippen MR) is 87.9 cm³/mol. The lowest BCUT2D eigenvalue weighted by Crippen LogP contribution is -2.11. The van der Waals surface area contributed by atoms with Gasteiger partial charge in [0.25, 0.3) is 0 Å². The number of nitrogen functional groups attached to an aromatic ring is 1. The number of rotatable bonds is 6. The summed E-state index contributed by atoms with van der Waals surface area (Å²) in [6.45, 7) is 5.86. The van der Waals surface area contributed by atoms with Gasteiger partial charge >= 0.3 is 5.97 Å². The molecule has 0 spiro atoms.